The molecule has 0 aliphatic rings. The molecule has 15 heavy (non-hydrogen) atoms. The fourth-order valence-corrected chi connectivity index (χ4v) is 3.65. The fourth-order valence-electron chi connectivity index (χ4n) is 1.42. The van der Waals surface area contributed by atoms with Gasteiger partial charge < -0.3 is 9.73 Å². The minimum Gasteiger partial charge on any atom is -0.472 e. The predicted octanol–water partition coefficient (Wildman–Crippen LogP) is 4.17. The second-order valence-electron chi connectivity index (χ2n) is 3.05. The summed E-state index contributed by atoms with van der Waals surface area (Å²) in [5.41, 5.74) is 1.14. The molecule has 0 aliphatic heterocycles. The molecule has 0 fully saturated rings. The minimum atomic E-state index is 0.191. The SMILES string of the molecule is CNC(c1ccoc1)c1cc(Br)c(Br)s1. The van der Waals surface area contributed by atoms with Gasteiger partial charge in [0.2, 0.25) is 0 Å². The summed E-state index contributed by atoms with van der Waals surface area (Å²) in [4.78, 5) is 1.25. The van der Waals surface area contributed by atoms with E-state index < -0.39 is 0 Å². The fraction of sp³-hybridized carbons (Fsp3) is 0.200. The molecule has 1 N–H and O–H groups in total. The van der Waals surface area contributed by atoms with E-state index in [9.17, 15) is 0 Å². The van der Waals surface area contributed by atoms with Crippen LogP contribution in [0.1, 0.15) is 16.5 Å². The average Bonchev–Trinajstić information content (AvgIpc) is 2.80. The Balaban J connectivity index is 2.35. The summed E-state index contributed by atoms with van der Waals surface area (Å²) in [7, 11) is 1.94. The zero-order valence-corrected chi connectivity index (χ0v) is 11.9. The molecule has 1 unspecified atom stereocenters. The summed E-state index contributed by atoms with van der Waals surface area (Å²) in [6.07, 6.45) is 3.46. The Kier molecular flexibility index (Phi) is 3.66. The number of hydrogen-bond donors (Lipinski definition) is 1. The van der Waals surface area contributed by atoms with Gasteiger partial charge >= 0.3 is 0 Å². The molecule has 0 amide bonds. The van der Waals surface area contributed by atoms with Gasteiger partial charge in [-0.1, -0.05) is 0 Å². The number of thiophene rings is 1. The molecule has 2 nitrogen and oxygen atoms in total. The lowest BCUT2D eigenvalue weighted by Crippen LogP contribution is -2.15. The van der Waals surface area contributed by atoms with Crippen LogP contribution in [0.25, 0.3) is 0 Å². The first-order valence-electron chi connectivity index (χ1n) is 4.36. The Morgan fingerprint density at radius 2 is 2.27 bits per heavy atom. The minimum absolute atomic E-state index is 0.191. The molecule has 0 saturated carbocycles. The highest BCUT2D eigenvalue weighted by molar-refractivity contribution is 9.13. The average molecular weight is 351 g/mol. The third kappa shape index (κ3) is 2.36. The molecule has 0 aromatic carbocycles. The third-order valence-electron chi connectivity index (χ3n) is 2.11. The zero-order chi connectivity index (χ0) is 10.8. The quantitative estimate of drug-likeness (QED) is 0.898. The van der Waals surface area contributed by atoms with Gasteiger partial charge in [-0.15, -0.1) is 11.3 Å². The first-order valence-corrected chi connectivity index (χ1v) is 6.76. The summed E-state index contributed by atoms with van der Waals surface area (Å²) < 4.78 is 7.30. The largest absolute Gasteiger partial charge is 0.472 e. The van der Waals surface area contributed by atoms with Crippen molar-refractivity contribution in [1.29, 1.82) is 0 Å². The van der Waals surface area contributed by atoms with Gasteiger partial charge in [-0.3, -0.25) is 0 Å². The van der Waals surface area contributed by atoms with E-state index in [-0.39, 0.29) is 6.04 Å². The van der Waals surface area contributed by atoms with E-state index in [2.05, 4.69) is 43.2 Å². The molecular formula is C10H9Br2NOS. The van der Waals surface area contributed by atoms with E-state index in [0.29, 0.717) is 0 Å². The lowest BCUT2D eigenvalue weighted by Gasteiger charge is -2.11. The topological polar surface area (TPSA) is 25.2 Å². The smallest absolute Gasteiger partial charge is 0.0954 e. The molecule has 0 aliphatic carbocycles. The van der Waals surface area contributed by atoms with Crippen LogP contribution in [0, 0.1) is 0 Å². The van der Waals surface area contributed by atoms with Crippen molar-refractivity contribution in [3.63, 3.8) is 0 Å². The first-order chi connectivity index (χ1) is 7.22. The summed E-state index contributed by atoms with van der Waals surface area (Å²) >= 11 is 8.70. The van der Waals surface area contributed by atoms with Crippen LogP contribution in [0.5, 0.6) is 0 Å². The number of hydrogen-bond acceptors (Lipinski definition) is 3. The predicted molar refractivity (Wildman–Crippen MR) is 69.3 cm³/mol. The lowest BCUT2D eigenvalue weighted by atomic mass is 10.1. The standard InChI is InChI=1S/C10H9Br2NOS/c1-13-9(6-2-3-14-5-6)8-4-7(11)10(12)15-8/h2-5,9,13H,1H3. The van der Waals surface area contributed by atoms with E-state index in [1.54, 1.807) is 23.9 Å². The Morgan fingerprint density at radius 3 is 2.73 bits per heavy atom. The van der Waals surface area contributed by atoms with Crippen LogP contribution in [0.2, 0.25) is 0 Å². The lowest BCUT2D eigenvalue weighted by molar-refractivity contribution is 0.558. The third-order valence-corrected chi connectivity index (χ3v) is 5.44. The van der Waals surface area contributed by atoms with Crippen molar-refractivity contribution in [2.24, 2.45) is 0 Å². The van der Waals surface area contributed by atoms with E-state index in [0.717, 1.165) is 13.8 Å². The van der Waals surface area contributed by atoms with Crippen molar-refractivity contribution in [1.82, 2.24) is 5.32 Å². The maximum absolute atomic E-state index is 5.10. The van der Waals surface area contributed by atoms with Crippen LogP contribution >= 0.6 is 43.2 Å². The molecule has 1 atom stereocenters. The number of furan rings is 1. The summed E-state index contributed by atoms with van der Waals surface area (Å²) in [5, 5.41) is 3.27. The summed E-state index contributed by atoms with van der Waals surface area (Å²) in [6, 6.07) is 4.28. The van der Waals surface area contributed by atoms with Gasteiger partial charge in [0.25, 0.3) is 0 Å². The van der Waals surface area contributed by atoms with Crippen molar-refractivity contribution >= 4 is 43.2 Å². The number of halogens is 2. The monoisotopic (exact) mass is 349 g/mol. The Morgan fingerprint density at radius 1 is 1.47 bits per heavy atom. The second kappa shape index (κ2) is 4.82. The Labute approximate surface area is 109 Å². The maximum atomic E-state index is 5.10. The van der Waals surface area contributed by atoms with Gasteiger partial charge in [0.05, 0.1) is 22.4 Å². The van der Waals surface area contributed by atoms with Crippen molar-refractivity contribution in [2.75, 3.05) is 7.05 Å². The van der Waals surface area contributed by atoms with Crippen LogP contribution < -0.4 is 5.32 Å². The van der Waals surface area contributed by atoms with Gasteiger partial charge in [0.15, 0.2) is 0 Å². The van der Waals surface area contributed by atoms with Crippen LogP contribution in [-0.4, -0.2) is 7.05 Å². The van der Waals surface area contributed by atoms with E-state index >= 15 is 0 Å². The highest BCUT2D eigenvalue weighted by Gasteiger charge is 2.16. The van der Waals surface area contributed by atoms with Crippen molar-refractivity contribution < 1.29 is 4.42 Å². The van der Waals surface area contributed by atoms with E-state index in [1.807, 2.05) is 13.1 Å². The Hall–Kier alpha value is -0.1000. The first kappa shape index (κ1) is 11.4. The van der Waals surface area contributed by atoms with Gasteiger partial charge in [-0.05, 0) is 51.0 Å². The molecule has 80 valence electrons. The van der Waals surface area contributed by atoms with Crippen molar-refractivity contribution in [3.8, 4) is 0 Å². The summed E-state index contributed by atoms with van der Waals surface area (Å²) in [5.74, 6) is 0. The second-order valence-corrected chi connectivity index (χ2v) is 6.30. The molecule has 2 aromatic heterocycles. The molecule has 2 heterocycles. The van der Waals surface area contributed by atoms with Gasteiger partial charge in [-0.25, -0.2) is 0 Å². The molecule has 2 rings (SSSR count). The van der Waals surface area contributed by atoms with Crippen molar-refractivity contribution in [3.05, 3.63) is 43.4 Å². The molecule has 0 spiro atoms. The van der Waals surface area contributed by atoms with Crippen LogP contribution in [-0.2, 0) is 0 Å². The molecule has 0 bridgehead atoms. The van der Waals surface area contributed by atoms with Crippen LogP contribution in [0.3, 0.4) is 0 Å². The molecule has 0 radical (unpaired) electrons. The summed E-state index contributed by atoms with van der Waals surface area (Å²) in [6.45, 7) is 0. The number of nitrogens with one attached hydrogen (secondary N) is 1. The highest BCUT2D eigenvalue weighted by Crippen LogP contribution is 2.37. The zero-order valence-electron chi connectivity index (χ0n) is 7.96. The van der Waals surface area contributed by atoms with Gasteiger partial charge in [-0.2, -0.15) is 0 Å². The molecule has 0 saturated heterocycles. The van der Waals surface area contributed by atoms with E-state index in [1.165, 1.54) is 4.88 Å². The van der Waals surface area contributed by atoms with Crippen LogP contribution in [0.4, 0.5) is 0 Å². The maximum Gasteiger partial charge on any atom is 0.0954 e. The number of rotatable bonds is 3. The molecular weight excluding hydrogens is 342 g/mol. The van der Waals surface area contributed by atoms with E-state index in [4.69, 9.17) is 4.42 Å². The molecule has 2 aromatic rings. The normalized spacial score (nSPS) is 13.0. The van der Waals surface area contributed by atoms with Crippen molar-refractivity contribution in [2.45, 2.75) is 6.04 Å². The van der Waals surface area contributed by atoms with Gasteiger partial charge in [0, 0.05) is 14.9 Å². The Bertz CT molecular complexity index is 419. The van der Waals surface area contributed by atoms with Gasteiger partial charge in [0.1, 0.15) is 0 Å². The molecule has 5 heteroatoms. The highest BCUT2D eigenvalue weighted by atomic mass is 79.9. The van der Waals surface area contributed by atoms with Crippen LogP contribution in [0.15, 0.2) is 37.3 Å².